The lowest BCUT2D eigenvalue weighted by atomic mass is 9.93. The van der Waals surface area contributed by atoms with Crippen LogP contribution in [-0.4, -0.2) is 24.0 Å². The molecule has 1 aromatic carbocycles. The van der Waals surface area contributed by atoms with E-state index >= 15 is 0 Å². The van der Waals surface area contributed by atoms with E-state index in [0.717, 1.165) is 29.7 Å². The molecular formula is C15H18ClN3OS. The Bertz CT molecular complexity index is 637. The number of rotatable bonds is 4. The van der Waals surface area contributed by atoms with E-state index in [-0.39, 0.29) is 5.91 Å². The second-order valence-electron chi connectivity index (χ2n) is 5.41. The first-order chi connectivity index (χ1) is 10.2. The summed E-state index contributed by atoms with van der Waals surface area (Å²) in [7, 11) is 0. The minimum absolute atomic E-state index is 0.0543. The van der Waals surface area contributed by atoms with Gasteiger partial charge in [-0.15, -0.1) is 0 Å². The number of hydrogen-bond acceptors (Lipinski definition) is 4. The number of anilines is 1. The molecule has 2 heterocycles. The van der Waals surface area contributed by atoms with Crippen molar-refractivity contribution in [1.29, 1.82) is 0 Å². The molecule has 4 nitrogen and oxygen atoms in total. The van der Waals surface area contributed by atoms with Gasteiger partial charge in [0.25, 0.3) is 0 Å². The Morgan fingerprint density at radius 3 is 3.05 bits per heavy atom. The van der Waals surface area contributed by atoms with Crippen molar-refractivity contribution in [2.24, 2.45) is 5.92 Å². The normalized spacial score (nSPS) is 16.2. The van der Waals surface area contributed by atoms with Crippen LogP contribution in [0.25, 0.3) is 10.2 Å². The van der Waals surface area contributed by atoms with Crippen molar-refractivity contribution in [1.82, 2.24) is 10.3 Å². The summed E-state index contributed by atoms with van der Waals surface area (Å²) in [6.07, 6.45) is 3.88. The summed E-state index contributed by atoms with van der Waals surface area (Å²) in [5.41, 5.74) is 0.873. The molecule has 6 heteroatoms. The van der Waals surface area contributed by atoms with Crippen LogP contribution < -0.4 is 10.6 Å². The topological polar surface area (TPSA) is 54.0 Å². The summed E-state index contributed by atoms with van der Waals surface area (Å²) in [5, 5.41) is 7.59. The van der Waals surface area contributed by atoms with Gasteiger partial charge in [0.05, 0.1) is 10.2 Å². The number of nitrogens with zero attached hydrogens (tertiary/aromatic N) is 1. The first-order valence-electron chi connectivity index (χ1n) is 7.27. The molecule has 1 aliphatic heterocycles. The third kappa shape index (κ3) is 3.93. The van der Waals surface area contributed by atoms with Gasteiger partial charge in [0, 0.05) is 11.4 Å². The molecule has 0 radical (unpaired) electrons. The number of nitrogens with one attached hydrogen (secondary N) is 2. The van der Waals surface area contributed by atoms with Gasteiger partial charge in [-0.3, -0.25) is 4.79 Å². The van der Waals surface area contributed by atoms with Crippen LogP contribution >= 0.6 is 22.9 Å². The molecule has 1 aliphatic rings. The van der Waals surface area contributed by atoms with E-state index in [4.69, 9.17) is 11.6 Å². The van der Waals surface area contributed by atoms with Crippen LogP contribution in [0.15, 0.2) is 18.2 Å². The molecule has 112 valence electrons. The number of piperidine rings is 1. The van der Waals surface area contributed by atoms with Gasteiger partial charge in [0.2, 0.25) is 5.91 Å². The fourth-order valence-electron chi connectivity index (χ4n) is 2.64. The minimum atomic E-state index is 0.0543. The molecule has 0 bridgehead atoms. The third-order valence-corrected chi connectivity index (χ3v) is 5.00. The van der Waals surface area contributed by atoms with Crippen LogP contribution in [-0.2, 0) is 4.79 Å². The van der Waals surface area contributed by atoms with Crippen molar-refractivity contribution in [2.45, 2.75) is 25.7 Å². The van der Waals surface area contributed by atoms with Crippen LogP contribution in [0.3, 0.4) is 0 Å². The predicted molar refractivity (Wildman–Crippen MR) is 88.1 cm³/mol. The second-order valence-corrected chi connectivity index (χ2v) is 6.88. The molecule has 1 aromatic heterocycles. The SMILES string of the molecule is O=C(CCC1CCNCC1)Nc1nc2ccc(Cl)cc2s1. The highest BCUT2D eigenvalue weighted by molar-refractivity contribution is 7.22. The number of thiazole rings is 1. The fraction of sp³-hybridized carbons (Fsp3) is 0.467. The van der Waals surface area contributed by atoms with Crippen molar-refractivity contribution in [2.75, 3.05) is 18.4 Å². The largest absolute Gasteiger partial charge is 0.317 e. The summed E-state index contributed by atoms with van der Waals surface area (Å²) in [6, 6.07) is 5.56. The van der Waals surface area contributed by atoms with Gasteiger partial charge in [0.1, 0.15) is 0 Å². The molecule has 2 aromatic rings. The number of hydrogen-bond donors (Lipinski definition) is 2. The summed E-state index contributed by atoms with van der Waals surface area (Å²) in [4.78, 5) is 16.4. The lowest BCUT2D eigenvalue weighted by molar-refractivity contribution is -0.116. The van der Waals surface area contributed by atoms with E-state index in [1.165, 1.54) is 24.2 Å². The van der Waals surface area contributed by atoms with Gasteiger partial charge in [-0.05, 0) is 56.5 Å². The molecule has 0 spiro atoms. The Morgan fingerprint density at radius 2 is 2.24 bits per heavy atom. The first-order valence-corrected chi connectivity index (χ1v) is 8.47. The maximum absolute atomic E-state index is 12.0. The second kappa shape index (κ2) is 6.73. The van der Waals surface area contributed by atoms with Crippen LogP contribution in [0.2, 0.25) is 5.02 Å². The van der Waals surface area contributed by atoms with E-state index in [1.807, 2.05) is 18.2 Å². The zero-order chi connectivity index (χ0) is 14.7. The van der Waals surface area contributed by atoms with Crippen molar-refractivity contribution >= 4 is 44.2 Å². The minimum Gasteiger partial charge on any atom is -0.317 e. The van der Waals surface area contributed by atoms with Gasteiger partial charge in [-0.25, -0.2) is 4.98 Å². The average molecular weight is 324 g/mol. The van der Waals surface area contributed by atoms with Crippen molar-refractivity contribution < 1.29 is 4.79 Å². The number of halogens is 1. The molecule has 0 aliphatic carbocycles. The van der Waals surface area contributed by atoms with Crippen LogP contribution in [0.5, 0.6) is 0 Å². The molecule has 0 atom stereocenters. The van der Waals surface area contributed by atoms with Crippen molar-refractivity contribution in [3.63, 3.8) is 0 Å². The fourth-order valence-corrected chi connectivity index (χ4v) is 3.80. The van der Waals surface area contributed by atoms with E-state index in [9.17, 15) is 4.79 Å². The predicted octanol–water partition coefficient (Wildman–Crippen LogP) is 3.67. The Labute approximate surface area is 132 Å². The lowest BCUT2D eigenvalue weighted by Crippen LogP contribution is -2.28. The quantitative estimate of drug-likeness (QED) is 0.902. The highest BCUT2D eigenvalue weighted by atomic mass is 35.5. The third-order valence-electron chi connectivity index (χ3n) is 3.84. The van der Waals surface area contributed by atoms with Gasteiger partial charge in [-0.1, -0.05) is 22.9 Å². The average Bonchev–Trinajstić information content (AvgIpc) is 2.87. The van der Waals surface area contributed by atoms with Gasteiger partial charge in [0.15, 0.2) is 5.13 Å². The van der Waals surface area contributed by atoms with Crippen LogP contribution in [0, 0.1) is 5.92 Å². The summed E-state index contributed by atoms with van der Waals surface area (Å²) < 4.78 is 0.996. The van der Waals surface area contributed by atoms with Crippen LogP contribution in [0.4, 0.5) is 5.13 Å². The summed E-state index contributed by atoms with van der Waals surface area (Å²) in [5.74, 6) is 0.727. The number of carbonyl (C=O) groups is 1. The van der Waals surface area contributed by atoms with Gasteiger partial charge >= 0.3 is 0 Å². The van der Waals surface area contributed by atoms with E-state index in [2.05, 4.69) is 15.6 Å². The molecule has 0 unspecified atom stereocenters. The molecule has 1 saturated heterocycles. The summed E-state index contributed by atoms with van der Waals surface area (Å²) >= 11 is 7.42. The molecule has 1 amide bonds. The lowest BCUT2D eigenvalue weighted by Gasteiger charge is -2.21. The Hall–Kier alpha value is -1.17. The smallest absolute Gasteiger partial charge is 0.226 e. The van der Waals surface area contributed by atoms with E-state index in [0.29, 0.717) is 22.5 Å². The first kappa shape index (κ1) is 14.8. The number of fused-ring (bicyclic) bond motifs is 1. The number of carbonyl (C=O) groups excluding carboxylic acids is 1. The number of aromatic nitrogens is 1. The monoisotopic (exact) mass is 323 g/mol. The molecular weight excluding hydrogens is 306 g/mol. The zero-order valence-corrected chi connectivity index (χ0v) is 13.3. The standard InChI is InChI=1S/C15H18ClN3OS/c16-11-2-3-12-13(9-11)21-15(18-12)19-14(20)4-1-10-5-7-17-8-6-10/h2-3,9-10,17H,1,4-8H2,(H,18,19,20). The zero-order valence-electron chi connectivity index (χ0n) is 11.7. The Kier molecular flexibility index (Phi) is 4.73. The molecule has 3 rings (SSSR count). The number of amides is 1. The molecule has 0 saturated carbocycles. The molecule has 1 fully saturated rings. The highest BCUT2D eigenvalue weighted by Crippen LogP contribution is 2.28. The Balaban J connectivity index is 1.55. The van der Waals surface area contributed by atoms with Crippen LogP contribution in [0.1, 0.15) is 25.7 Å². The number of benzene rings is 1. The van der Waals surface area contributed by atoms with Crippen molar-refractivity contribution in [3.05, 3.63) is 23.2 Å². The van der Waals surface area contributed by atoms with E-state index in [1.54, 1.807) is 0 Å². The summed E-state index contributed by atoms with van der Waals surface area (Å²) in [6.45, 7) is 2.15. The maximum atomic E-state index is 12.0. The van der Waals surface area contributed by atoms with Gasteiger partial charge in [-0.2, -0.15) is 0 Å². The van der Waals surface area contributed by atoms with Crippen molar-refractivity contribution in [3.8, 4) is 0 Å². The maximum Gasteiger partial charge on any atom is 0.226 e. The van der Waals surface area contributed by atoms with E-state index < -0.39 is 0 Å². The molecule has 2 N–H and O–H groups in total. The molecule has 21 heavy (non-hydrogen) atoms. The van der Waals surface area contributed by atoms with Gasteiger partial charge < -0.3 is 10.6 Å². The highest BCUT2D eigenvalue weighted by Gasteiger charge is 2.15. The Morgan fingerprint density at radius 1 is 1.43 bits per heavy atom.